The predicted octanol–water partition coefficient (Wildman–Crippen LogP) is 1.64. The van der Waals surface area contributed by atoms with Gasteiger partial charge in [-0.05, 0) is 19.9 Å². The normalized spacial score (nSPS) is 10.3. The van der Waals surface area contributed by atoms with Gasteiger partial charge in [-0.1, -0.05) is 23.2 Å². The molecule has 0 bridgehead atoms. The summed E-state index contributed by atoms with van der Waals surface area (Å²) < 4.78 is 0. The van der Waals surface area contributed by atoms with Gasteiger partial charge in [0.2, 0.25) is 5.91 Å². The lowest BCUT2D eigenvalue weighted by atomic mass is 10.2. The lowest BCUT2D eigenvalue weighted by molar-refractivity contribution is -0.120. The van der Waals surface area contributed by atoms with Crippen molar-refractivity contribution in [2.24, 2.45) is 0 Å². The van der Waals surface area contributed by atoms with Gasteiger partial charge >= 0.3 is 0 Å². The maximum absolute atomic E-state index is 11.7. The summed E-state index contributed by atoms with van der Waals surface area (Å²) in [5.41, 5.74) is 0.252. The molecule has 5 nitrogen and oxygen atoms in total. The number of aromatic nitrogens is 1. The van der Waals surface area contributed by atoms with E-state index in [4.69, 9.17) is 23.2 Å². The Morgan fingerprint density at radius 3 is 2.61 bits per heavy atom. The molecule has 0 fully saturated rings. The highest BCUT2D eigenvalue weighted by Gasteiger charge is 2.10. The zero-order chi connectivity index (χ0) is 13.7. The van der Waals surface area contributed by atoms with Gasteiger partial charge in [-0.2, -0.15) is 0 Å². The molecule has 0 saturated carbocycles. The molecule has 0 aromatic carbocycles. The Morgan fingerprint density at radius 1 is 1.39 bits per heavy atom. The summed E-state index contributed by atoms with van der Waals surface area (Å²) in [5.74, 6) is -0.689. The first-order valence-electron chi connectivity index (χ1n) is 5.28. The van der Waals surface area contributed by atoms with E-state index in [9.17, 15) is 9.59 Å². The van der Waals surface area contributed by atoms with Crippen molar-refractivity contribution in [3.05, 3.63) is 28.0 Å². The standard InChI is InChI=1S/C11H13Cl2N3O2/c1-6(2)16-9(17)5-15-11(18)7-3-8(12)10(13)14-4-7/h3-4,6H,5H2,1-2H3,(H,15,18)(H,16,17). The van der Waals surface area contributed by atoms with E-state index in [2.05, 4.69) is 15.6 Å². The van der Waals surface area contributed by atoms with E-state index in [1.165, 1.54) is 12.3 Å². The fraction of sp³-hybridized carbons (Fsp3) is 0.364. The lowest BCUT2D eigenvalue weighted by Gasteiger charge is -2.09. The zero-order valence-corrected chi connectivity index (χ0v) is 11.5. The van der Waals surface area contributed by atoms with E-state index in [-0.39, 0.29) is 34.2 Å². The third-order valence-electron chi connectivity index (χ3n) is 1.92. The summed E-state index contributed by atoms with van der Waals surface area (Å²) in [6.45, 7) is 3.57. The van der Waals surface area contributed by atoms with Crippen molar-refractivity contribution in [2.45, 2.75) is 19.9 Å². The second-order valence-corrected chi connectivity index (χ2v) is 4.67. The molecule has 2 N–H and O–H groups in total. The van der Waals surface area contributed by atoms with Crippen LogP contribution in [0.4, 0.5) is 0 Å². The van der Waals surface area contributed by atoms with E-state index < -0.39 is 5.91 Å². The number of halogens is 2. The molecule has 0 aliphatic carbocycles. The first-order valence-corrected chi connectivity index (χ1v) is 6.04. The van der Waals surface area contributed by atoms with Crippen molar-refractivity contribution in [3.63, 3.8) is 0 Å². The van der Waals surface area contributed by atoms with Gasteiger partial charge in [0, 0.05) is 12.2 Å². The van der Waals surface area contributed by atoms with E-state index >= 15 is 0 Å². The van der Waals surface area contributed by atoms with Crippen molar-refractivity contribution in [2.75, 3.05) is 6.54 Å². The number of nitrogens with zero attached hydrogens (tertiary/aromatic N) is 1. The van der Waals surface area contributed by atoms with Crippen LogP contribution in [-0.2, 0) is 4.79 Å². The Balaban J connectivity index is 2.55. The molecule has 1 rings (SSSR count). The molecular formula is C11H13Cl2N3O2. The Bertz CT molecular complexity index is 464. The van der Waals surface area contributed by atoms with Crippen LogP contribution in [0.5, 0.6) is 0 Å². The fourth-order valence-electron chi connectivity index (χ4n) is 1.18. The van der Waals surface area contributed by atoms with Crippen molar-refractivity contribution in [1.82, 2.24) is 15.6 Å². The average Bonchev–Trinajstić information content (AvgIpc) is 2.28. The van der Waals surface area contributed by atoms with Gasteiger partial charge in [-0.15, -0.1) is 0 Å². The van der Waals surface area contributed by atoms with Crippen molar-refractivity contribution in [1.29, 1.82) is 0 Å². The van der Waals surface area contributed by atoms with Crippen LogP contribution in [0.3, 0.4) is 0 Å². The van der Waals surface area contributed by atoms with Gasteiger partial charge in [0.25, 0.3) is 5.91 Å². The third-order valence-corrected chi connectivity index (χ3v) is 2.60. The predicted molar refractivity (Wildman–Crippen MR) is 69.9 cm³/mol. The minimum atomic E-state index is -0.431. The van der Waals surface area contributed by atoms with Crippen LogP contribution in [0.15, 0.2) is 12.3 Å². The molecule has 1 aromatic heterocycles. The Hall–Kier alpha value is -1.33. The summed E-state index contributed by atoms with van der Waals surface area (Å²) in [5, 5.41) is 5.43. The van der Waals surface area contributed by atoms with Crippen LogP contribution in [0.25, 0.3) is 0 Å². The van der Waals surface area contributed by atoms with Crippen LogP contribution in [0.2, 0.25) is 10.2 Å². The zero-order valence-electron chi connectivity index (χ0n) is 9.96. The molecule has 2 amide bonds. The summed E-state index contributed by atoms with van der Waals surface area (Å²) in [7, 11) is 0. The monoisotopic (exact) mass is 289 g/mol. The highest BCUT2D eigenvalue weighted by atomic mass is 35.5. The number of rotatable bonds is 4. The van der Waals surface area contributed by atoms with Crippen molar-refractivity contribution < 1.29 is 9.59 Å². The van der Waals surface area contributed by atoms with Crippen LogP contribution < -0.4 is 10.6 Å². The van der Waals surface area contributed by atoms with E-state index in [1.807, 2.05) is 13.8 Å². The topological polar surface area (TPSA) is 71.1 Å². The van der Waals surface area contributed by atoms with E-state index in [0.29, 0.717) is 0 Å². The summed E-state index contributed by atoms with van der Waals surface area (Å²) in [6.07, 6.45) is 1.30. The number of nitrogens with one attached hydrogen (secondary N) is 2. The van der Waals surface area contributed by atoms with E-state index in [0.717, 1.165) is 0 Å². The lowest BCUT2D eigenvalue weighted by Crippen LogP contribution is -2.39. The second kappa shape index (κ2) is 6.56. The number of hydrogen-bond acceptors (Lipinski definition) is 3. The number of hydrogen-bond donors (Lipinski definition) is 2. The second-order valence-electron chi connectivity index (χ2n) is 3.90. The van der Waals surface area contributed by atoms with Gasteiger partial charge < -0.3 is 10.6 Å². The highest BCUT2D eigenvalue weighted by molar-refractivity contribution is 6.41. The van der Waals surface area contributed by atoms with Crippen LogP contribution in [-0.4, -0.2) is 29.4 Å². The summed E-state index contributed by atoms with van der Waals surface area (Å²) >= 11 is 11.4. The maximum atomic E-state index is 11.7. The molecule has 0 unspecified atom stereocenters. The largest absolute Gasteiger partial charge is 0.352 e. The average molecular weight is 290 g/mol. The minimum absolute atomic E-state index is 0.0287. The van der Waals surface area contributed by atoms with Gasteiger partial charge in [-0.3, -0.25) is 9.59 Å². The molecule has 1 heterocycles. The smallest absolute Gasteiger partial charge is 0.253 e. The van der Waals surface area contributed by atoms with Crippen molar-refractivity contribution in [3.8, 4) is 0 Å². The Morgan fingerprint density at radius 2 is 2.06 bits per heavy atom. The number of amides is 2. The molecule has 0 atom stereocenters. The Kier molecular flexibility index (Phi) is 5.37. The first-order chi connectivity index (χ1) is 8.40. The van der Waals surface area contributed by atoms with Crippen LogP contribution >= 0.6 is 23.2 Å². The van der Waals surface area contributed by atoms with Gasteiger partial charge in [0.05, 0.1) is 17.1 Å². The fourth-order valence-corrected chi connectivity index (χ4v) is 1.45. The summed E-state index contributed by atoms with van der Waals surface area (Å²) in [4.78, 5) is 26.7. The molecule has 0 saturated heterocycles. The van der Waals surface area contributed by atoms with Gasteiger partial charge in [-0.25, -0.2) is 4.98 Å². The van der Waals surface area contributed by atoms with E-state index in [1.54, 1.807) is 0 Å². The minimum Gasteiger partial charge on any atom is -0.352 e. The molecule has 0 aliphatic heterocycles. The third kappa shape index (κ3) is 4.50. The molecule has 1 aromatic rings. The molecule has 18 heavy (non-hydrogen) atoms. The number of pyridine rings is 1. The van der Waals surface area contributed by atoms with Crippen LogP contribution in [0.1, 0.15) is 24.2 Å². The van der Waals surface area contributed by atoms with Crippen molar-refractivity contribution >= 4 is 35.0 Å². The molecule has 98 valence electrons. The van der Waals surface area contributed by atoms with Gasteiger partial charge in [0.1, 0.15) is 5.15 Å². The first kappa shape index (κ1) is 14.7. The van der Waals surface area contributed by atoms with Gasteiger partial charge in [0.15, 0.2) is 0 Å². The molecule has 0 radical (unpaired) electrons. The quantitative estimate of drug-likeness (QED) is 0.828. The molecule has 0 spiro atoms. The SMILES string of the molecule is CC(C)NC(=O)CNC(=O)c1cnc(Cl)c(Cl)c1. The summed E-state index contributed by atoms with van der Waals surface area (Å²) in [6, 6.07) is 1.42. The molecular weight excluding hydrogens is 277 g/mol. The number of carbonyl (C=O) groups is 2. The maximum Gasteiger partial charge on any atom is 0.253 e. The number of carbonyl (C=O) groups excluding carboxylic acids is 2. The highest BCUT2D eigenvalue weighted by Crippen LogP contribution is 2.19. The van der Waals surface area contributed by atoms with Crippen LogP contribution in [0, 0.1) is 0 Å². The molecule has 7 heteroatoms. The Labute approximate surface area is 115 Å². The molecule has 0 aliphatic rings.